The summed E-state index contributed by atoms with van der Waals surface area (Å²) in [6, 6.07) is 11.8. The Morgan fingerprint density at radius 2 is 1.82 bits per heavy atom. The number of guanidine groups is 1. The largest absolute Gasteiger partial charge is 0.359 e. The molecular formula is C21H31N5O2. The van der Waals surface area contributed by atoms with Crippen molar-refractivity contribution in [3.8, 4) is 0 Å². The van der Waals surface area contributed by atoms with E-state index < -0.39 is 0 Å². The zero-order valence-corrected chi connectivity index (χ0v) is 17.0. The van der Waals surface area contributed by atoms with Gasteiger partial charge in [0.05, 0.1) is 12.2 Å². The summed E-state index contributed by atoms with van der Waals surface area (Å²) in [5.41, 5.74) is 2.05. The second-order valence-corrected chi connectivity index (χ2v) is 6.54. The van der Waals surface area contributed by atoms with Crippen LogP contribution in [-0.4, -0.2) is 30.1 Å². The number of aromatic nitrogens is 1. The lowest BCUT2D eigenvalue weighted by atomic mass is 9.99. The minimum Gasteiger partial charge on any atom is -0.359 e. The van der Waals surface area contributed by atoms with Crippen LogP contribution in [0.25, 0.3) is 0 Å². The highest BCUT2D eigenvalue weighted by atomic mass is 16.5. The molecule has 2 rings (SSSR count). The van der Waals surface area contributed by atoms with Crippen molar-refractivity contribution >= 4 is 11.9 Å². The number of hydrogen-bond acceptors (Lipinski definition) is 4. The van der Waals surface area contributed by atoms with E-state index in [1.54, 1.807) is 0 Å². The fourth-order valence-electron chi connectivity index (χ4n) is 2.83. The number of aliphatic imine (C=N–C) groups is 1. The van der Waals surface area contributed by atoms with Crippen molar-refractivity contribution < 1.29 is 9.32 Å². The first-order valence-electron chi connectivity index (χ1n) is 9.94. The number of nitrogens with zero attached hydrogens (tertiary/aromatic N) is 2. The van der Waals surface area contributed by atoms with Gasteiger partial charge in [0.25, 0.3) is 0 Å². The van der Waals surface area contributed by atoms with Crippen LogP contribution in [0.5, 0.6) is 0 Å². The number of carbonyl (C=O) groups excluding carboxylic acids is 1. The molecule has 0 aliphatic rings. The van der Waals surface area contributed by atoms with Crippen molar-refractivity contribution in [3.63, 3.8) is 0 Å². The highest BCUT2D eigenvalue weighted by Crippen LogP contribution is 2.22. The number of amides is 1. The topological polar surface area (TPSA) is 91.5 Å². The van der Waals surface area contributed by atoms with Crippen LogP contribution in [-0.2, 0) is 17.9 Å². The molecule has 28 heavy (non-hydrogen) atoms. The van der Waals surface area contributed by atoms with Crippen molar-refractivity contribution in [2.75, 3.05) is 13.1 Å². The van der Waals surface area contributed by atoms with Gasteiger partial charge in [-0.3, -0.25) is 4.79 Å². The lowest BCUT2D eigenvalue weighted by Gasteiger charge is -2.10. The van der Waals surface area contributed by atoms with Gasteiger partial charge in [0.2, 0.25) is 5.91 Å². The molecule has 0 unspecified atom stereocenters. The lowest BCUT2D eigenvalue weighted by molar-refractivity contribution is -0.119. The maximum atomic E-state index is 12.0. The third kappa shape index (κ3) is 7.06. The molecule has 0 bridgehead atoms. The van der Waals surface area contributed by atoms with Gasteiger partial charge in [-0.15, -0.1) is 0 Å². The summed E-state index contributed by atoms with van der Waals surface area (Å²) in [5, 5.41) is 13.3. The first-order valence-corrected chi connectivity index (χ1v) is 9.94. The van der Waals surface area contributed by atoms with Crippen LogP contribution in [0.2, 0.25) is 0 Å². The van der Waals surface area contributed by atoms with Gasteiger partial charge in [0.1, 0.15) is 6.54 Å². The van der Waals surface area contributed by atoms with E-state index in [1.165, 1.54) is 0 Å². The van der Waals surface area contributed by atoms with Gasteiger partial charge in [-0.1, -0.05) is 49.3 Å². The molecule has 1 aromatic carbocycles. The minimum atomic E-state index is -0.128. The van der Waals surface area contributed by atoms with Crippen molar-refractivity contribution in [1.82, 2.24) is 21.1 Å². The molecule has 7 heteroatoms. The third-order valence-electron chi connectivity index (χ3n) is 4.47. The summed E-state index contributed by atoms with van der Waals surface area (Å²) in [6.45, 7) is 8.00. The van der Waals surface area contributed by atoms with Gasteiger partial charge < -0.3 is 20.5 Å². The van der Waals surface area contributed by atoms with E-state index in [1.807, 2.05) is 43.3 Å². The maximum Gasteiger partial charge on any atom is 0.242 e. The standard InChI is InChI=1S/C21H31N5O2/c1-4-17(5-2)19-12-18(28-26-19)14-24-21(22-6-3)25-15-20(27)23-13-16-10-8-7-9-11-16/h7-12,17H,4-6,13-15H2,1-3H3,(H,23,27)(H2,22,24,25). The van der Waals surface area contributed by atoms with Crippen LogP contribution in [0.15, 0.2) is 45.9 Å². The SMILES string of the molecule is CCNC(=NCC(=O)NCc1ccccc1)NCc1cc(C(CC)CC)no1. The second-order valence-electron chi connectivity index (χ2n) is 6.54. The molecular weight excluding hydrogens is 354 g/mol. The Hall–Kier alpha value is -2.83. The first kappa shape index (κ1) is 21.5. The summed E-state index contributed by atoms with van der Waals surface area (Å²) in [6.07, 6.45) is 2.08. The van der Waals surface area contributed by atoms with Crippen molar-refractivity contribution in [3.05, 3.63) is 53.4 Å². The van der Waals surface area contributed by atoms with Crippen LogP contribution in [0.3, 0.4) is 0 Å². The van der Waals surface area contributed by atoms with E-state index in [-0.39, 0.29) is 12.5 Å². The van der Waals surface area contributed by atoms with Gasteiger partial charge in [-0.2, -0.15) is 0 Å². The third-order valence-corrected chi connectivity index (χ3v) is 4.47. The molecule has 0 aliphatic heterocycles. The van der Waals surface area contributed by atoms with Crippen molar-refractivity contribution in [2.45, 2.75) is 52.6 Å². The number of nitrogens with one attached hydrogen (secondary N) is 3. The maximum absolute atomic E-state index is 12.0. The zero-order chi connectivity index (χ0) is 20.2. The Morgan fingerprint density at radius 3 is 2.50 bits per heavy atom. The van der Waals surface area contributed by atoms with Gasteiger partial charge in [0, 0.05) is 25.1 Å². The number of carbonyl (C=O) groups is 1. The predicted molar refractivity (Wildman–Crippen MR) is 111 cm³/mol. The average Bonchev–Trinajstić information content (AvgIpc) is 3.19. The zero-order valence-electron chi connectivity index (χ0n) is 17.0. The second kappa shape index (κ2) is 11.8. The number of hydrogen-bond donors (Lipinski definition) is 3. The lowest BCUT2D eigenvalue weighted by Crippen LogP contribution is -2.38. The van der Waals surface area contributed by atoms with Crippen molar-refractivity contribution in [1.29, 1.82) is 0 Å². The number of benzene rings is 1. The minimum absolute atomic E-state index is 0.0531. The molecule has 0 radical (unpaired) electrons. The summed E-state index contributed by atoms with van der Waals surface area (Å²) >= 11 is 0. The molecule has 0 aliphatic carbocycles. The Balaban J connectivity index is 1.83. The Kier molecular flexibility index (Phi) is 9.04. The van der Waals surface area contributed by atoms with E-state index in [0.29, 0.717) is 31.5 Å². The Morgan fingerprint density at radius 1 is 1.07 bits per heavy atom. The fraction of sp³-hybridized carbons (Fsp3) is 0.476. The molecule has 0 saturated carbocycles. The number of rotatable bonds is 10. The molecule has 3 N–H and O–H groups in total. The summed E-state index contributed by atoms with van der Waals surface area (Å²) in [7, 11) is 0. The Labute approximate surface area is 167 Å². The summed E-state index contributed by atoms with van der Waals surface area (Å²) in [4.78, 5) is 16.4. The van der Waals surface area contributed by atoms with E-state index in [4.69, 9.17) is 4.52 Å². The van der Waals surface area contributed by atoms with Gasteiger partial charge in [-0.25, -0.2) is 4.99 Å². The van der Waals surface area contributed by atoms with E-state index in [0.717, 1.165) is 29.9 Å². The molecule has 1 amide bonds. The normalized spacial score (nSPS) is 11.5. The highest BCUT2D eigenvalue weighted by Gasteiger charge is 2.13. The Bertz CT molecular complexity index is 738. The van der Waals surface area contributed by atoms with E-state index >= 15 is 0 Å². The van der Waals surface area contributed by atoms with E-state index in [2.05, 4.69) is 39.9 Å². The van der Waals surface area contributed by atoms with Crippen LogP contribution < -0.4 is 16.0 Å². The predicted octanol–water partition coefficient (Wildman–Crippen LogP) is 2.95. The molecule has 7 nitrogen and oxygen atoms in total. The smallest absolute Gasteiger partial charge is 0.242 e. The molecule has 1 heterocycles. The van der Waals surface area contributed by atoms with Crippen LogP contribution in [0.1, 0.15) is 56.5 Å². The molecule has 0 fully saturated rings. The van der Waals surface area contributed by atoms with E-state index in [9.17, 15) is 4.79 Å². The fourth-order valence-corrected chi connectivity index (χ4v) is 2.83. The molecule has 0 spiro atoms. The summed E-state index contributed by atoms with van der Waals surface area (Å²) in [5.74, 6) is 1.61. The van der Waals surface area contributed by atoms with Gasteiger partial charge >= 0.3 is 0 Å². The van der Waals surface area contributed by atoms with Crippen LogP contribution in [0.4, 0.5) is 0 Å². The molecule has 2 aromatic rings. The molecule has 1 aromatic heterocycles. The molecule has 0 atom stereocenters. The summed E-state index contributed by atoms with van der Waals surface area (Å²) < 4.78 is 5.42. The van der Waals surface area contributed by atoms with Crippen LogP contribution >= 0.6 is 0 Å². The van der Waals surface area contributed by atoms with Crippen LogP contribution in [0, 0.1) is 0 Å². The van der Waals surface area contributed by atoms with Crippen molar-refractivity contribution in [2.24, 2.45) is 4.99 Å². The van der Waals surface area contributed by atoms with Gasteiger partial charge in [-0.05, 0) is 25.3 Å². The quantitative estimate of drug-likeness (QED) is 0.432. The monoisotopic (exact) mass is 385 g/mol. The molecule has 152 valence electrons. The first-order chi connectivity index (χ1) is 13.7. The molecule has 0 saturated heterocycles. The average molecular weight is 386 g/mol. The van der Waals surface area contributed by atoms with Gasteiger partial charge in [0.15, 0.2) is 11.7 Å². The highest BCUT2D eigenvalue weighted by molar-refractivity contribution is 5.84.